The number of aliphatic carboxylic acids is 1. The lowest BCUT2D eigenvalue weighted by Crippen LogP contribution is -2.47. The lowest BCUT2D eigenvalue weighted by Gasteiger charge is -2.25. The Morgan fingerprint density at radius 2 is 2.28 bits per heavy atom. The van der Waals surface area contributed by atoms with Crippen molar-refractivity contribution in [3.8, 4) is 0 Å². The van der Waals surface area contributed by atoms with Crippen LogP contribution in [0.15, 0.2) is 0 Å². The van der Waals surface area contributed by atoms with Crippen LogP contribution >= 0.6 is 0 Å². The fourth-order valence-electron chi connectivity index (χ4n) is 1.87. The molecule has 0 aromatic heterocycles. The summed E-state index contributed by atoms with van der Waals surface area (Å²) in [6, 6.07) is -0.820. The SMILES string of the molecule is CCC(C)C(NC(=O)CC1CNCCO1)C(=O)O. The number of hydrogen-bond acceptors (Lipinski definition) is 4. The van der Waals surface area contributed by atoms with Crippen molar-refractivity contribution in [2.75, 3.05) is 19.7 Å². The smallest absolute Gasteiger partial charge is 0.326 e. The molecule has 1 heterocycles. The lowest BCUT2D eigenvalue weighted by molar-refractivity contribution is -0.143. The molecule has 18 heavy (non-hydrogen) atoms. The van der Waals surface area contributed by atoms with Crippen LogP contribution in [0.5, 0.6) is 0 Å². The summed E-state index contributed by atoms with van der Waals surface area (Å²) in [6.07, 6.45) is 0.747. The molecule has 0 bridgehead atoms. The average molecular weight is 258 g/mol. The summed E-state index contributed by atoms with van der Waals surface area (Å²) in [5.41, 5.74) is 0. The van der Waals surface area contributed by atoms with Gasteiger partial charge >= 0.3 is 5.97 Å². The van der Waals surface area contributed by atoms with Crippen LogP contribution in [0.4, 0.5) is 0 Å². The van der Waals surface area contributed by atoms with Gasteiger partial charge in [0.05, 0.1) is 19.1 Å². The maximum atomic E-state index is 11.8. The van der Waals surface area contributed by atoms with Gasteiger partial charge in [0.15, 0.2) is 0 Å². The van der Waals surface area contributed by atoms with E-state index < -0.39 is 12.0 Å². The van der Waals surface area contributed by atoms with E-state index in [1.165, 1.54) is 0 Å². The largest absolute Gasteiger partial charge is 0.480 e. The van der Waals surface area contributed by atoms with Gasteiger partial charge in [-0.2, -0.15) is 0 Å². The third-order valence-corrected chi connectivity index (χ3v) is 3.21. The number of hydrogen-bond donors (Lipinski definition) is 3. The van der Waals surface area contributed by atoms with Crippen molar-refractivity contribution in [2.45, 2.75) is 38.8 Å². The molecule has 1 rings (SSSR count). The quantitative estimate of drug-likeness (QED) is 0.623. The third kappa shape index (κ3) is 4.62. The van der Waals surface area contributed by atoms with Gasteiger partial charge in [0, 0.05) is 13.1 Å². The molecule has 1 aliphatic rings. The second-order valence-electron chi connectivity index (χ2n) is 4.67. The van der Waals surface area contributed by atoms with Crippen LogP contribution in [0.2, 0.25) is 0 Å². The van der Waals surface area contributed by atoms with Crippen LogP contribution in [-0.2, 0) is 14.3 Å². The van der Waals surface area contributed by atoms with Gasteiger partial charge in [-0.05, 0) is 5.92 Å². The van der Waals surface area contributed by atoms with E-state index in [0.29, 0.717) is 19.6 Å². The van der Waals surface area contributed by atoms with Crippen LogP contribution in [-0.4, -0.2) is 48.8 Å². The number of morpholine rings is 1. The molecule has 3 atom stereocenters. The van der Waals surface area contributed by atoms with Crippen molar-refractivity contribution in [1.82, 2.24) is 10.6 Å². The van der Waals surface area contributed by atoms with Gasteiger partial charge in [-0.25, -0.2) is 4.79 Å². The first-order valence-corrected chi connectivity index (χ1v) is 6.39. The summed E-state index contributed by atoms with van der Waals surface area (Å²) < 4.78 is 5.41. The maximum Gasteiger partial charge on any atom is 0.326 e. The predicted molar refractivity (Wildman–Crippen MR) is 66.2 cm³/mol. The highest BCUT2D eigenvalue weighted by atomic mass is 16.5. The zero-order valence-corrected chi connectivity index (χ0v) is 10.9. The van der Waals surface area contributed by atoms with E-state index in [1.54, 1.807) is 0 Å². The van der Waals surface area contributed by atoms with Crippen molar-refractivity contribution < 1.29 is 19.4 Å². The summed E-state index contributed by atoms with van der Waals surface area (Å²) in [4.78, 5) is 22.8. The summed E-state index contributed by atoms with van der Waals surface area (Å²) in [7, 11) is 0. The van der Waals surface area contributed by atoms with Gasteiger partial charge in [0.25, 0.3) is 0 Å². The molecule has 0 saturated carbocycles. The summed E-state index contributed by atoms with van der Waals surface area (Å²) in [5.74, 6) is -1.34. The molecule has 1 saturated heterocycles. The topological polar surface area (TPSA) is 87.7 Å². The number of nitrogens with one attached hydrogen (secondary N) is 2. The van der Waals surface area contributed by atoms with Gasteiger partial charge in [0.2, 0.25) is 5.91 Å². The van der Waals surface area contributed by atoms with Gasteiger partial charge in [0.1, 0.15) is 6.04 Å². The Balaban J connectivity index is 2.42. The van der Waals surface area contributed by atoms with Crippen LogP contribution < -0.4 is 10.6 Å². The van der Waals surface area contributed by atoms with E-state index in [4.69, 9.17) is 9.84 Å². The zero-order valence-electron chi connectivity index (χ0n) is 10.9. The van der Waals surface area contributed by atoms with Crippen molar-refractivity contribution in [3.63, 3.8) is 0 Å². The highest BCUT2D eigenvalue weighted by Gasteiger charge is 2.26. The molecule has 0 aliphatic carbocycles. The predicted octanol–water partition coefficient (Wildman–Crippen LogP) is -0.0196. The van der Waals surface area contributed by atoms with Crippen molar-refractivity contribution in [1.29, 1.82) is 0 Å². The fourth-order valence-corrected chi connectivity index (χ4v) is 1.87. The summed E-state index contributed by atoms with van der Waals surface area (Å²) in [6.45, 7) is 5.74. The Labute approximate surface area is 107 Å². The Morgan fingerprint density at radius 1 is 1.56 bits per heavy atom. The molecule has 3 unspecified atom stereocenters. The summed E-state index contributed by atoms with van der Waals surface area (Å²) in [5, 5.41) is 14.8. The van der Waals surface area contributed by atoms with Crippen molar-refractivity contribution >= 4 is 11.9 Å². The normalized spacial score (nSPS) is 23.1. The molecule has 104 valence electrons. The van der Waals surface area contributed by atoms with Crippen molar-refractivity contribution in [2.24, 2.45) is 5.92 Å². The molecular formula is C12H22N2O4. The number of rotatable bonds is 6. The molecule has 1 amide bonds. The second-order valence-corrected chi connectivity index (χ2v) is 4.67. The third-order valence-electron chi connectivity index (χ3n) is 3.21. The Bertz CT molecular complexity index is 290. The first-order chi connectivity index (χ1) is 8.54. The molecular weight excluding hydrogens is 236 g/mol. The van der Waals surface area contributed by atoms with E-state index in [0.717, 1.165) is 6.54 Å². The molecule has 0 aromatic carbocycles. The molecule has 0 aromatic rings. The highest BCUT2D eigenvalue weighted by Crippen LogP contribution is 2.09. The van der Waals surface area contributed by atoms with Crippen molar-refractivity contribution in [3.05, 3.63) is 0 Å². The number of carboxylic acid groups (broad SMARTS) is 1. The molecule has 1 fully saturated rings. The van der Waals surface area contributed by atoms with E-state index in [1.807, 2.05) is 13.8 Å². The number of carbonyl (C=O) groups is 2. The van der Waals surface area contributed by atoms with E-state index in [-0.39, 0.29) is 24.3 Å². The van der Waals surface area contributed by atoms with Gasteiger partial charge < -0.3 is 20.5 Å². The molecule has 3 N–H and O–H groups in total. The zero-order chi connectivity index (χ0) is 13.5. The first-order valence-electron chi connectivity index (χ1n) is 6.39. The number of carbonyl (C=O) groups excluding carboxylic acids is 1. The van der Waals surface area contributed by atoms with Crippen LogP contribution in [0.25, 0.3) is 0 Å². The molecule has 6 nitrogen and oxygen atoms in total. The van der Waals surface area contributed by atoms with Crippen LogP contribution in [0.1, 0.15) is 26.7 Å². The standard InChI is InChI=1S/C12H22N2O4/c1-3-8(2)11(12(16)17)14-10(15)6-9-7-13-4-5-18-9/h8-9,11,13H,3-7H2,1-2H3,(H,14,15)(H,16,17). The minimum absolute atomic E-state index is 0.0863. The fraction of sp³-hybridized carbons (Fsp3) is 0.833. The second kappa shape index (κ2) is 7.33. The van der Waals surface area contributed by atoms with E-state index in [9.17, 15) is 9.59 Å². The van der Waals surface area contributed by atoms with Gasteiger partial charge in [-0.1, -0.05) is 20.3 Å². The molecule has 1 aliphatic heterocycles. The molecule has 0 spiro atoms. The van der Waals surface area contributed by atoms with E-state index in [2.05, 4.69) is 10.6 Å². The number of amides is 1. The first kappa shape index (κ1) is 14.9. The minimum Gasteiger partial charge on any atom is -0.480 e. The number of ether oxygens (including phenoxy) is 1. The Kier molecular flexibility index (Phi) is 6.07. The number of carboxylic acids is 1. The minimum atomic E-state index is -0.986. The van der Waals surface area contributed by atoms with Gasteiger partial charge in [-0.3, -0.25) is 4.79 Å². The lowest BCUT2D eigenvalue weighted by atomic mass is 9.99. The Morgan fingerprint density at radius 3 is 2.78 bits per heavy atom. The summed E-state index contributed by atoms with van der Waals surface area (Å²) >= 11 is 0. The van der Waals surface area contributed by atoms with Crippen LogP contribution in [0.3, 0.4) is 0 Å². The highest BCUT2D eigenvalue weighted by molar-refractivity contribution is 5.84. The monoisotopic (exact) mass is 258 g/mol. The molecule has 6 heteroatoms. The van der Waals surface area contributed by atoms with Gasteiger partial charge in [-0.15, -0.1) is 0 Å². The molecule has 0 radical (unpaired) electrons. The Hall–Kier alpha value is -1.14. The van der Waals surface area contributed by atoms with Crippen LogP contribution in [0, 0.1) is 5.92 Å². The maximum absolute atomic E-state index is 11.8. The average Bonchev–Trinajstić information content (AvgIpc) is 2.36. The van der Waals surface area contributed by atoms with E-state index >= 15 is 0 Å².